The highest BCUT2D eigenvalue weighted by atomic mass is 16.5. The van der Waals surface area contributed by atoms with Crippen LogP contribution in [-0.2, 0) is 11.2 Å². The van der Waals surface area contributed by atoms with Crippen LogP contribution in [-0.4, -0.2) is 25.1 Å². The summed E-state index contributed by atoms with van der Waals surface area (Å²) in [5.41, 5.74) is 6.52. The molecule has 3 N–H and O–H groups in total. The van der Waals surface area contributed by atoms with E-state index in [0.717, 1.165) is 37.1 Å². The van der Waals surface area contributed by atoms with E-state index in [-0.39, 0.29) is 12.0 Å². The Bertz CT molecular complexity index is 382. The SMILES string of the molecule is NCCCCCNC(=O)C1Cc2ccccc2O1. The van der Waals surface area contributed by atoms with Crippen LogP contribution in [0, 0.1) is 0 Å². The zero-order chi connectivity index (χ0) is 12.8. The van der Waals surface area contributed by atoms with Crippen molar-refractivity contribution in [1.82, 2.24) is 5.32 Å². The molecule has 2 rings (SSSR count). The molecule has 1 aromatic carbocycles. The third-order valence-electron chi connectivity index (χ3n) is 3.12. The molecule has 0 saturated carbocycles. The molecule has 1 amide bonds. The van der Waals surface area contributed by atoms with E-state index < -0.39 is 0 Å². The molecule has 0 aromatic heterocycles. The van der Waals surface area contributed by atoms with Gasteiger partial charge in [-0.25, -0.2) is 0 Å². The van der Waals surface area contributed by atoms with Gasteiger partial charge in [0.1, 0.15) is 5.75 Å². The molecule has 18 heavy (non-hydrogen) atoms. The molecule has 4 nitrogen and oxygen atoms in total. The molecule has 0 saturated heterocycles. The van der Waals surface area contributed by atoms with E-state index in [1.54, 1.807) is 0 Å². The molecule has 4 heteroatoms. The Hall–Kier alpha value is -1.55. The molecule has 1 aromatic rings. The molecule has 0 fully saturated rings. The first kappa shape index (κ1) is 12.9. The lowest BCUT2D eigenvalue weighted by Gasteiger charge is -2.11. The van der Waals surface area contributed by atoms with Crippen molar-refractivity contribution >= 4 is 5.91 Å². The van der Waals surface area contributed by atoms with E-state index in [1.165, 1.54) is 0 Å². The molecular formula is C14H20N2O2. The fraction of sp³-hybridized carbons (Fsp3) is 0.500. The van der Waals surface area contributed by atoms with Crippen molar-refractivity contribution in [3.05, 3.63) is 29.8 Å². The number of carbonyl (C=O) groups excluding carboxylic acids is 1. The highest BCUT2D eigenvalue weighted by Gasteiger charge is 2.28. The standard InChI is InChI=1S/C14H20N2O2/c15-8-4-1-5-9-16-14(17)13-10-11-6-2-3-7-12(11)18-13/h2-3,6-7,13H,1,4-5,8-10,15H2,(H,16,17). The van der Waals surface area contributed by atoms with Gasteiger partial charge in [0.2, 0.25) is 0 Å². The highest BCUT2D eigenvalue weighted by Crippen LogP contribution is 2.27. The van der Waals surface area contributed by atoms with Gasteiger partial charge in [-0.1, -0.05) is 24.6 Å². The largest absolute Gasteiger partial charge is 0.480 e. The van der Waals surface area contributed by atoms with Crippen molar-refractivity contribution in [2.75, 3.05) is 13.1 Å². The fourth-order valence-electron chi connectivity index (χ4n) is 2.10. The van der Waals surface area contributed by atoms with Gasteiger partial charge < -0.3 is 15.8 Å². The number of nitrogens with one attached hydrogen (secondary N) is 1. The number of hydrogen-bond donors (Lipinski definition) is 2. The molecule has 0 aliphatic carbocycles. The number of ether oxygens (including phenoxy) is 1. The average molecular weight is 248 g/mol. The summed E-state index contributed by atoms with van der Waals surface area (Å²) >= 11 is 0. The second kappa shape index (κ2) is 6.40. The summed E-state index contributed by atoms with van der Waals surface area (Å²) in [7, 11) is 0. The zero-order valence-electron chi connectivity index (χ0n) is 10.5. The van der Waals surface area contributed by atoms with Gasteiger partial charge >= 0.3 is 0 Å². The average Bonchev–Trinajstić information content (AvgIpc) is 2.82. The zero-order valence-corrected chi connectivity index (χ0v) is 10.5. The summed E-state index contributed by atoms with van der Waals surface area (Å²) in [6.45, 7) is 1.42. The summed E-state index contributed by atoms with van der Waals surface area (Å²) in [6, 6.07) is 7.80. The topological polar surface area (TPSA) is 64.3 Å². The number of benzene rings is 1. The van der Waals surface area contributed by atoms with Gasteiger partial charge in [-0.2, -0.15) is 0 Å². The van der Waals surface area contributed by atoms with E-state index in [1.807, 2.05) is 24.3 Å². The van der Waals surface area contributed by atoms with Crippen LogP contribution >= 0.6 is 0 Å². The minimum atomic E-state index is -0.364. The molecule has 98 valence electrons. The Morgan fingerprint density at radius 1 is 1.33 bits per heavy atom. The van der Waals surface area contributed by atoms with Crippen molar-refractivity contribution in [3.8, 4) is 5.75 Å². The van der Waals surface area contributed by atoms with Crippen LogP contribution in [0.15, 0.2) is 24.3 Å². The predicted molar refractivity (Wildman–Crippen MR) is 70.5 cm³/mol. The minimum Gasteiger partial charge on any atom is -0.480 e. The number of para-hydroxylation sites is 1. The second-order valence-electron chi connectivity index (χ2n) is 4.56. The second-order valence-corrected chi connectivity index (χ2v) is 4.56. The molecule has 1 aliphatic heterocycles. The van der Waals surface area contributed by atoms with Crippen LogP contribution in [0.2, 0.25) is 0 Å². The number of rotatable bonds is 6. The lowest BCUT2D eigenvalue weighted by atomic mass is 10.1. The van der Waals surface area contributed by atoms with Crippen LogP contribution in [0.1, 0.15) is 24.8 Å². The van der Waals surface area contributed by atoms with Gasteiger partial charge in [0.15, 0.2) is 6.10 Å². The number of carbonyl (C=O) groups is 1. The number of hydrogen-bond acceptors (Lipinski definition) is 3. The number of unbranched alkanes of at least 4 members (excludes halogenated alkanes) is 2. The molecule has 0 bridgehead atoms. The van der Waals surface area contributed by atoms with Crippen LogP contribution in [0.4, 0.5) is 0 Å². The Morgan fingerprint density at radius 2 is 2.17 bits per heavy atom. The van der Waals surface area contributed by atoms with Gasteiger partial charge in [0.25, 0.3) is 5.91 Å². The Balaban J connectivity index is 1.72. The van der Waals surface area contributed by atoms with Gasteiger partial charge in [-0.05, 0) is 31.0 Å². The van der Waals surface area contributed by atoms with Gasteiger partial charge in [-0.3, -0.25) is 4.79 Å². The van der Waals surface area contributed by atoms with Crippen molar-refractivity contribution in [3.63, 3.8) is 0 Å². The highest BCUT2D eigenvalue weighted by molar-refractivity contribution is 5.82. The third-order valence-corrected chi connectivity index (χ3v) is 3.12. The van der Waals surface area contributed by atoms with Crippen molar-refractivity contribution in [1.29, 1.82) is 0 Å². The number of fused-ring (bicyclic) bond motifs is 1. The van der Waals surface area contributed by atoms with Crippen LogP contribution in [0.25, 0.3) is 0 Å². The lowest BCUT2D eigenvalue weighted by Crippen LogP contribution is -2.37. The Labute approximate surface area is 108 Å². The van der Waals surface area contributed by atoms with E-state index in [0.29, 0.717) is 13.0 Å². The quantitative estimate of drug-likeness (QED) is 0.744. The van der Waals surface area contributed by atoms with E-state index in [2.05, 4.69) is 5.32 Å². The third kappa shape index (κ3) is 3.23. The van der Waals surface area contributed by atoms with E-state index >= 15 is 0 Å². The van der Waals surface area contributed by atoms with Crippen molar-refractivity contribution in [2.24, 2.45) is 5.73 Å². The Kier molecular flexibility index (Phi) is 4.59. The molecule has 0 radical (unpaired) electrons. The molecule has 1 aliphatic rings. The van der Waals surface area contributed by atoms with Crippen LogP contribution < -0.4 is 15.8 Å². The summed E-state index contributed by atoms with van der Waals surface area (Å²) in [4.78, 5) is 11.9. The van der Waals surface area contributed by atoms with Gasteiger partial charge in [0.05, 0.1) is 0 Å². The smallest absolute Gasteiger partial charge is 0.261 e. The summed E-state index contributed by atoms with van der Waals surface area (Å²) in [5.74, 6) is 0.819. The number of nitrogens with two attached hydrogens (primary N) is 1. The molecule has 1 heterocycles. The normalized spacial score (nSPS) is 17.1. The summed E-state index contributed by atoms with van der Waals surface area (Å²) in [6.07, 6.45) is 3.36. The first-order chi connectivity index (χ1) is 8.81. The van der Waals surface area contributed by atoms with Crippen LogP contribution in [0.3, 0.4) is 0 Å². The molecule has 0 spiro atoms. The first-order valence-corrected chi connectivity index (χ1v) is 6.53. The molecule has 1 atom stereocenters. The first-order valence-electron chi connectivity index (χ1n) is 6.53. The van der Waals surface area contributed by atoms with E-state index in [4.69, 9.17) is 10.5 Å². The van der Waals surface area contributed by atoms with Gasteiger partial charge in [0, 0.05) is 13.0 Å². The van der Waals surface area contributed by atoms with Crippen molar-refractivity contribution < 1.29 is 9.53 Å². The van der Waals surface area contributed by atoms with E-state index in [9.17, 15) is 4.79 Å². The summed E-state index contributed by atoms with van der Waals surface area (Å²) < 4.78 is 5.61. The van der Waals surface area contributed by atoms with Crippen LogP contribution in [0.5, 0.6) is 5.75 Å². The molecule has 1 unspecified atom stereocenters. The maximum Gasteiger partial charge on any atom is 0.261 e. The minimum absolute atomic E-state index is 0.0149. The monoisotopic (exact) mass is 248 g/mol. The van der Waals surface area contributed by atoms with Crippen molar-refractivity contribution in [2.45, 2.75) is 31.8 Å². The maximum absolute atomic E-state index is 11.9. The Morgan fingerprint density at radius 3 is 2.94 bits per heavy atom. The predicted octanol–water partition coefficient (Wildman–Crippen LogP) is 1.24. The van der Waals surface area contributed by atoms with Gasteiger partial charge in [-0.15, -0.1) is 0 Å². The number of amides is 1. The summed E-state index contributed by atoms with van der Waals surface area (Å²) in [5, 5.41) is 2.91. The maximum atomic E-state index is 11.9. The lowest BCUT2D eigenvalue weighted by molar-refractivity contribution is -0.127. The fourth-order valence-corrected chi connectivity index (χ4v) is 2.10. The molecular weight excluding hydrogens is 228 g/mol.